The molecule has 0 aliphatic carbocycles. The van der Waals surface area contributed by atoms with Crippen molar-refractivity contribution in [2.45, 2.75) is 6.18 Å². The lowest BCUT2D eigenvalue weighted by atomic mass is 10.1. The number of carbonyl (C=O) groups excluding carboxylic acids is 1. The summed E-state index contributed by atoms with van der Waals surface area (Å²) < 4.78 is 51.2. The molecule has 0 unspecified atom stereocenters. The first-order valence-electron chi connectivity index (χ1n) is 8.80. The van der Waals surface area contributed by atoms with Crippen LogP contribution in [0, 0.1) is 5.41 Å². The molecule has 3 heterocycles. The van der Waals surface area contributed by atoms with E-state index < -0.39 is 23.0 Å². The number of amidine groups is 2. The SMILES string of the molecule is COc1cc(OC)c(-n2cccc2/C=C2\C(=N)N3N=C(C(F)(F)F)SC3=NC2=O)cc1Cl. The highest BCUT2D eigenvalue weighted by atomic mass is 35.5. The molecule has 1 aromatic carbocycles. The van der Waals surface area contributed by atoms with Gasteiger partial charge >= 0.3 is 6.18 Å². The van der Waals surface area contributed by atoms with E-state index in [1.54, 1.807) is 35.0 Å². The average Bonchev–Trinajstić information content (AvgIpc) is 3.37. The Hall–Kier alpha value is -3.25. The minimum atomic E-state index is -4.71. The van der Waals surface area contributed by atoms with E-state index in [1.165, 1.54) is 20.3 Å². The fourth-order valence-electron chi connectivity index (χ4n) is 3.02. The van der Waals surface area contributed by atoms with Crippen molar-refractivity contribution in [3.8, 4) is 17.2 Å². The van der Waals surface area contributed by atoms with E-state index in [1.807, 2.05) is 0 Å². The van der Waals surface area contributed by atoms with Crippen LogP contribution in [0.2, 0.25) is 5.02 Å². The van der Waals surface area contributed by atoms with Gasteiger partial charge in [-0.2, -0.15) is 28.3 Å². The third-order valence-corrected chi connectivity index (χ3v) is 5.73. The first-order chi connectivity index (χ1) is 15.1. The number of hydrogen-bond acceptors (Lipinski definition) is 6. The maximum Gasteiger partial charge on any atom is 0.441 e. The van der Waals surface area contributed by atoms with Gasteiger partial charge in [0.1, 0.15) is 11.5 Å². The Labute approximate surface area is 188 Å². The van der Waals surface area contributed by atoms with Crippen molar-refractivity contribution < 1.29 is 27.4 Å². The average molecular weight is 484 g/mol. The van der Waals surface area contributed by atoms with Crippen LogP contribution in [0.25, 0.3) is 11.8 Å². The van der Waals surface area contributed by atoms with Crippen molar-refractivity contribution in [2.75, 3.05) is 14.2 Å². The highest BCUT2D eigenvalue weighted by molar-refractivity contribution is 8.27. The Kier molecular flexibility index (Phi) is 5.51. The second-order valence-electron chi connectivity index (χ2n) is 6.38. The lowest BCUT2D eigenvalue weighted by molar-refractivity contribution is -0.114. The normalized spacial score (nSPS) is 17.4. The fraction of sp³-hybridized carbons (Fsp3) is 0.158. The number of amides is 1. The highest BCUT2D eigenvalue weighted by Gasteiger charge is 2.46. The molecule has 32 heavy (non-hydrogen) atoms. The molecule has 0 fully saturated rings. The van der Waals surface area contributed by atoms with Gasteiger partial charge in [0.2, 0.25) is 10.2 Å². The number of benzene rings is 1. The van der Waals surface area contributed by atoms with E-state index in [-0.39, 0.29) is 22.5 Å². The van der Waals surface area contributed by atoms with Gasteiger partial charge in [-0.1, -0.05) is 11.6 Å². The molecule has 0 radical (unpaired) electrons. The van der Waals surface area contributed by atoms with Gasteiger partial charge in [-0.15, -0.1) is 0 Å². The zero-order chi connectivity index (χ0) is 23.2. The number of hydrazone groups is 1. The van der Waals surface area contributed by atoms with Crippen molar-refractivity contribution in [3.63, 3.8) is 0 Å². The Balaban J connectivity index is 1.76. The quantitative estimate of drug-likeness (QED) is 0.653. The second kappa shape index (κ2) is 8.02. The number of rotatable bonds is 4. The van der Waals surface area contributed by atoms with Crippen LogP contribution in [-0.2, 0) is 4.79 Å². The maximum atomic E-state index is 13.0. The molecule has 0 saturated carbocycles. The van der Waals surface area contributed by atoms with Crippen molar-refractivity contribution in [1.82, 2.24) is 9.58 Å². The molecule has 1 N–H and O–H groups in total. The molecule has 1 amide bonds. The summed E-state index contributed by atoms with van der Waals surface area (Å²) >= 11 is 6.44. The molecule has 166 valence electrons. The van der Waals surface area contributed by atoms with Crippen LogP contribution >= 0.6 is 23.4 Å². The summed E-state index contributed by atoms with van der Waals surface area (Å²) in [4.78, 5) is 16.2. The second-order valence-corrected chi connectivity index (χ2v) is 7.75. The van der Waals surface area contributed by atoms with Gasteiger partial charge in [0.05, 0.1) is 30.5 Å². The molecular weight excluding hydrogens is 471 g/mol. The van der Waals surface area contributed by atoms with Crippen LogP contribution in [0.1, 0.15) is 5.69 Å². The number of halogens is 4. The zero-order valence-corrected chi connectivity index (χ0v) is 18.0. The van der Waals surface area contributed by atoms with Crippen molar-refractivity contribution in [3.05, 3.63) is 46.8 Å². The Morgan fingerprint density at radius 2 is 1.94 bits per heavy atom. The van der Waals surface area contributed by atoms with Gasteiger partial charge in [-0.05, 0) is 36.0 Å². The van der Waals surface area contributed by atoms with E-state index in [4.69, 9.17) is 26.5 Å². The maximum absolute atomic E-state index is 13.0. The lowest BCUT2D eigenvalue weighted by Crippen LogP contribution is -2.35. The number of carbonyl (C=O) groups is 1. The zero-order valence-electron chi connectivity index (χ0n) is 16.4. The smallest absolute Gasteiger partial charge is 0.441 e. The van der Waals surface area contributed by atoms with E-state index in [9.17, 15) is 18.0 Å². The molecule has 1 aromatic heterocycles. The van der Waals surface area contributed by atoms with Crippen molar-refractivity contribution >= 4 is 51.4 Å². The van der Waals surface area contributed by atoms with Crippen LogP contribution in [0.5, 0.6) is 11.5 Å². The number of aliphatic imine (C=N–C) groups is 1. The molecule has 0 bridgehead atoms. The van der Waals surface area contributed by atoms with Gasteiger partial charge in [0.15, 0.2) is 5.84 Å². The molecule has 13 heteroatoms. The van der Waals surface area contributed by atoms with Gasteiger partial charge in [0.25, 0.3) is 5.91 Å². The molecule has 0 spiro atoms. The first kappa shape index (κ1) is 22.0. The Bertz CT molecular complexity index is 1240. The van der Waals surface area contributed by atoms with Crippen LogP contribution in [0.3, 0.4) is 0 Å². The Morgan fingerprint density at radius 1 is 1.22 bits per heavy atom. The number of alkyl halides is 3. The van der Waals surface area contributed by atoms with Crippen LogP contribution in [-0.4, -0.2) is 51.9 Å². The Morgan fingerprint density at radius 3 is 2.59 bits per heavy atom. The molecule has 8 nitrogen and oxygen atoms in total. The molecular formula is C19H13ClF3N5O3S. The molecule has 2 aliphatic rings. The third kappa shape index (κ3) is 3.75. The van der Waals surface area contributed by atoms with Gasteiger partial charge in [0, 0.05) is 18.0 Å². The van der Waals surface area contributed by atoms with Gasteiger partial charge in [-0.25, -0.2) is 0 Å². The monoisotopic (exact) mass is 483 g/mol. The number of methoxy groups -OCH3 is 2. The first-order valence-corrected chi connectivity index (χ1v) is 10.00. The minimum absolute atomic E-state index is 0.193. The minimum Gasteiger partial charge on any atom is -0.495 e. The number of thioether (sulfide) groups is 1. The van der Waals surface area contributed by atoms with E-state index in [2.05, 4.69) is 10.1 Å². The van der Waals surface area contributed by atoms with Gasteiger partial charge in [-0.3, -0.25) is 10.2 Å². The van der Waals surface area contributed by atoms with Crippen LogP contribution in [0.15, 0.2) is 46.1 Å². The molecule has 2 aliphatic heterocycles. The number of fused-ring (bicyclic) bond motifs is 1. The number of nitrogens with zero attached hydrogens (tertiary/aromatic N) is 4. The molecule has 0 atom stereocenters. The number of nitrogens with one attached hydrogen (secondary N) is 1. The number of ether oxygens (including phenoxy) is 2. The summed E-state index contributed by atoms with van der Waals surface area (Å²) in [5.74, 6) is -0.544. The number of hydrogen-bond donors (Lipinski definition) is 1. The highest BCUT2D eigenvalue weighted by Crippen LogP contribution is 2.37. The largest absolute Gasteiger partial charge is 0.495 e. The predicted octanol–water partition coefficient (Wildman–Crippen LogP) is 4.33. The van der Waals surface area contributed by atoms with E-state index in [0.29, 0.717) is 32.9 Å². The summed E-state index contributed by atoms with van der Waals surface area (Å²) in [5.41, 5.74) is 0.728. The van der Waals surface area contributed by atoms with Crippen molar-refractivity contribution in [1.29, 1.82) is 5.41 Å². The fourth-order valence-corrected chi connectivity index (χ4v) is 4.01. The third-order valence-electron chi connectivity index (χ3n) is 4.48. The summed E-state index contributed by atoms with van der Waals surface area (Å²) in [6.45, 7) is 0. The summed E-state index contributed by atoms with van der Waals surface area (Å²) in [7, 11) is 2.93. The number of aromatic nitrogens is 1. The lowest BCUT2D eigenvalue weighted by Gasteiger charge is -2.20. The standard InChI is InChI=1S/C19H13ClF3N5O3S/c1-30-13-8-14(31-2)12(7-11(13)20)27-5-3-4-9(27)6-10-15(24)28-18(25-16(10)29)32-17(26-28)19(21,22)23/h3-8,24H,1-2H3/b10-6+,24-15?. The molecule has 0 saturated heterocycles. The molecule has 2 aromatic rings. The van der Waals surface area contributed by atoms with Gasteiger partial charge < -0.3 is 14.0 Å². The van der Waals surface area contributed by atoms with Crippen LogP contribution < -0.4 is 9.47 Å². The summed E-state index contributed by atoms with van der Waals surface area (Å²) in [5, 5.41) is 11.1. The van der Waals surface area contributed by atoms with Crippen molar-refractivity contribution in [2.24, 2.45) is 10.1 Å². The molecule has 4 rings (SSSR count). The summed E-state index contributed by atoms with van der Waals surface area (Å²) in [6.07, 6.45) is -1.70. The van der Waals surface area contributed by atoms with Crippen LogP contribution in [0.4, 0.5) is 13.2 Å². The van der Waals surface area contributed by atoms with E-state index in [0.717, 1.165) is 0 Å². The van der Waals surface area contributed by atoms with E-state index >= 15 is 0 Å². The summed E-state index contributed by atoms with van der Waals surface area (Å²) in [6, 6.07) is 6.52. The topological polar surface area (TPSA) is 92.3 Å². The predicted molar refractivity (Wildman–Crippen MR) is 115 cm³/mol.